The molecule has 0 bridgehead atoms. The monoisotopic (exact) mass is 423 g/mol. The molecular formula is C20H33N5O5. The Bertz CT molecular complexity index is 710. The summed E-state index contributed by atoms with van der Waals surface area (Å²) >= 11 is 0. The molecule has 1 unspecified atom stereocenters. The highest BCUT2D eigenvalue weighted by Gasteiger charge is 2.30. The highest BCUT2D eigenvalue weighted by molar-refractivity contribution is 5.93. The first-order valence-electron chi connectivity index (χ1n) is 10.5. The largest absolute Gasteiger partial charge is 0.483 e. The van der Waals surface area contributed by atoms with Gasteiger partial charge in [0.2, 0.25) is 17.9 Å². The fourth-order valence-corrected chi connectivity index (χ4v) is 3.34. The molecule has 3 rings (SSSR count). The van der Waals surface area contributed by atoms with E-state index in [2.05, 4.69) is 39.4 Å². The highest BCUT2D eigenvalue weighted by atomic mass is 16.6. The molecule has 3 heterocycles. The van der Waals surface area contributed by atoms with Crippen LogP contribution >= 0.6 is 0 Å². The molecule has 2 aliphatic heterocycles. The zero-order chi connectivity index (χ0) is 22.1. The maximum Gasteiger partial charge on any atom is 0.290 e. The van der Waals surface area contributed by atoms with Gasteiger partial charge in [0.05, 0.1) is 12.3 Å². The number of aromatic nitrogens is 2. The van der Waals surface area contributed by atoms with Crippen molar-refractivity contribution in [3.8, 4) is 0 Å². The van der Waals surface area contributed by atoms with E-state index in [1.165, 1.54) is 0 Å². The van der Waals surface area contributed by atoms with Crippen molar-refractivity contribution in [3.63, 3.8) is 0 Å². The van der Waals surface area contributed by atoms with Gasteiger partial charge in [0.1, 0.15) is 0 Å². The van der Waals surface area contributed by atoms with Crippen LogP contribution in [0.1, 0.15) is 64.7 Å². The number of nitrogens with one attached hydrogen (secondary N) is 1. The fourth-order valence-electron chi connectivity index (χ4n) is 3.34. The molecule has 2 aliphatic rings. The minimum Gasteiger partial charge on any atom is -0.483 e. The quantitative estimate of drug-likeness (QED) is 0.637. The lowest BCUT2D eigenvalue weighted by Crippen LogP contribution is -2.41. The minimum absolute atomic E-state index is 0.0519. The van der Waals surface area contributed by atoms with E-state index in [0.717, 1.165) is 31.6 Å². The Morgan fingerprint density at radius 1 is 1.23 bits per heavy atom. The van der Waals surface area contributed by atoms with Crippen LogP contribution in [0, 0.1) is 11.8 Å². The van der Waals surface area contributed by atoms with E-state index in [1.54, 1.807) is 0 Å². The number of carbonyl (C=O) groups excluding carboxylic acids is 1. The first-order chi connectivity index (χ1) is 14.3. The van der Waals surface area contributed by atoms with Gasteiger partial charge in [-0.3, -0.25) is 14.5 Å². The molecule has 1 atom stereocenters. The topological polar surface area (TPSA) is 130 Å². The third-order valence-electron chi connectivity index (χ3n) is 5.26. The summed E-state index contributed by atoms with van der Waals surface area (Å²) in [5.41, 5.74) is 0.963. The summed E-state index contributed by atoms with van der Waals surface area (Å²) in [4.78, 5) is 28.2. The molecule has 0 saturated carbocycles. The number of hydrogen-bond donors (Lipinski definition) is 2. The summed E-state index contributed by atoms with van der Waals surface area (Å²) in [6, 6.07) is 0. The molecule has 0 radical (unpaired) electrons. The molecule has 10 heteroatoms. The number of amides is 1. The van der Waals surface area contributed by atoms with Crippen molar-refractivity contribution in [1.82, 2.24) is 20.4 Å². The van der Waals surface area contributed by atoms with Crippen molar-refractivity contribution in [1.29, 1.82) is 0 Å². The second kappa shape index (κ2) is 11.6. The summed E-state index contributed by atoms with van der Waals surface area (Å²) < 4.78 is 5.69. The molecule has 2 N–H and O–H groups in total. The molecule has 1 saturated heterocycles. The standard InChI is InChI=1S/C19H31N5O3.CH2O2/c1-12(2)15-9-16(27-23-15)18(25)20-10-14-5-7-24(8-6-14)11-17-21-22-19(26-17)13(3)4;2-1-3/h12-14,16H,5-11H2,1-4H3,(H,20,25);1H,(H,2,3). The molecule has 0 aromatic carbocycles. The molecule has 10 nitrogen and oxygen atoms in total. The molecule has 168 valence electrons. The smallest absolute Gasteiger partial charge is 0.290 e. The van der Waals surface area contributed by atoms with Crippen molar-refractivity contribution in [2.24, 2.45) is 17.0 Å². The number of likely N-dealkylation sites (tertiary alicyclic amines) is 1. The van der Waals surface area contributed by atoms with Crippen LogP contribution in [-0.4, -0.2) is 64.0 Å². The maximum absolute atomic E-state index is 12.3. The van der Waals surface area contributed by atoms with E-state index < -0.39 is 6.10 Å². The van der Waals surface area contributed by atoms with Gasteiger partial charge in [-0.25, -0.2) is 0 Å². The molecular weight excluding hydrogens is 390 g/mol. The SMILES string of the molecule is CC(C)C1=NOC(C(=O)NCC2CCN(Cc3nnc(C(C)C)o3)CC2)C1.O=CO. The first kappa shape index (κ1) is 23.8. The zero-order valence-corrected chi connectivity index (χ0v) is 18.2. The van der Waals surface area contributed by atoms with Crippen LogP contribution in [0.2, 0.25) is 0 Å². The molecule has 1 aromatic rings. The Balaban J connectivity index is 0.00000101. The third-order valence-corrected chi connectivity index (χ3v) is 5.26. The minimum atomic E-state index is -0.463. The lowest BCUT2D eigenvalue weighted by atomic mass is 9.96. The Labute approximate surface area is 177 Å². The van der Waals surface area contributed by atoms with Crippen LogP contribution in [0.25, 0.3) is 0 Å². The second-order valence-corrected chi connectivity index (χ2v) is 8.29. The summed E-state index contributed by atoms with van der Waals surface area (Å²) in [5, 5.41) is 22.2. The number of nitrogens with zero attached hydrogens (tertiary/aromatic N) is 4. The Kier molecular flexibility index (Phi) is 9.22. The van der Waals surface area contributed by atoms with Gasteiger partial charge in [-0.1, -0.05) is 32.9 Å². The van der Waals surface area contributed by atoms with Crippen LogP contribution in [0.15, 0.2) is 9.57 Å². The highest BCUT2D eigenvalue weighted by Crippen LogP contribution is 2.20. The van der Waals surface area contributed by atoms with Crippen molar-refractivity contribution < 1.29 is 24.0 Å². The van der Waals surface area contributed by atoms with E-state index >= 15 is 0 Å². The normalized spacial score (nSPS) is 19.8. The van der Waals surface area contributed by atoms with Gasteiger partial charge in [0.15, 0.2) is 0 Å². The number of carboxylic acid groups (broad SMARTS) is 1. The van der Waals surface area contributed by atoms with Crippen LogP contribution in [0.4, 0.5) is 0 Å². The van der Waals surface area contributed by atoms with Crippen molar-refractivity contribution in [2.45, 2.75) is 65.5 Å². The van der Waals surface area contributed by atoms with E-state index in [-0.39, 0.29) is 18.3 Å². The van der Waals surface area contributed by atoms with Crippen LogP contribution < -0.4 is 5.32 Å². The van der Waals surface area contributed by atoms with Crippen LogP contribution in [0.5, 0.6) is 0 Å². The number of rotatable bonds is 7. The van der Waals surface area contributed by atoms with E-state index in [0.29, 0.717) is 43.1 Å². The summed E-state index contributed by atoms with van der Waals surface area (Å²) in [7, 11) is 0. The van der Waals surface area contributed by atoms with Gasteiger partial charge in [-0.2, -0.15) is 0 Å². The maximum atomic E-state index is 12.3. The van der Waals surface area contributed by atoms with Gasteiger partial charge >= 0.3 is 0 Å². The molecule has 0 spiro atoms. The molecule has 1 amide bonds. The number of oxime groups is 1. The van der Waals surface area contributed by atoms with E-state index in [1.807, 2.05) is 13.8 Å². The summed E-state index contributed by atoms with van der Waals surface area (Å²) in [6.45, 7) is 11.3. The zero-order valence-electron chi connectivity index (χ0n) is 18.2. The molecule has 1 aromatic heterocycles. The van der Waals surface area contributed by atoms with Gasteiger partial charge in [-0.05, 0) is 37.8 Å². The Morgan fingerprint density at radius 2 is 1.90 bits per heavy atom. The van der Waals surface area contributed by atoms with Gasteiger partial charge in [0.25, 0.3) is 12.4 Å². The van der Waals surface area contributed by atoms with Gasteiger partial charge < -0.3 is 19.7 Å². The van der Waals surface area contributed by atoms with Crippen molar-refractivity contribution in [3.05, 3.63) is 11.8 Å². The Hall–Kier alpha value is -2.49. The van der Waals surface area contributed by atoms with Crippen LogP contribution in [-0.2, 0) is 21.0 Å². The first-order valence-corrected chi connectivity index (χ1v) is 10.5. The average molecular weight is 424 g/mol. The summed E-state index contributed by atoms with van der Waals surface area (Å²) in [5.74, 6) is 2.40. The van der Waals surface area contributed by atoms with Crippen LogP contribution in [0.3, 0.4) is 0 Å². The predicted octanol–water partition coefficient (Wildman–Crippen LogP) is 2.02. The molecule has 1 fully saturated rings. The van der Waals surface area contributed by atoms with E-state index in [9.17, 15) is 4.79 Å². The molecule has 30 heavy (non-hydrogen) atoms. The van der Waals surface area contributed by atoms with Crippen molar-refractivity contribution >= 4 is 18.1 Å². The lowest BCUT2D eigenvalue weighted by molar-refractivity contribution is -0.131. The average Bonchev–Trinajstić information content (AvgIpc) is 3.38. The number of hydrogen-bond acceptors (Lipinski definition) is 8. The number of piperidine rings is 1. The lowest BCUT2D eigenvalue weighted by Gasteiger charge is -2.31. The number of carbonyl (C=O) groups is 2. The summed E-state index contributed by atoms with van der Waals surface area (Å²) in [6.07, 6.45) is 2.23. The Morgan fingerprint density at radius 3 is 2.43 bits per heavy atom. The van der Waals surface area contributed by atoms with Crippen molar-refractivity contribution in [2.75, 3.05) is 19.6 Å². The van der Waals surface area contributed by atoms with E-state index in [4.69, 9.17) is 19.2 Å². The van der Waals surface area contributed by atoms with Gasteiger partial charge in [-0.15, -0.1) is 10.2 Å². The third kappa shape index (κ3) is 7.08. The predicted molar refractivity (Wildman–Crippen MR) is 110 cm³/mol. The molecule has 0 aliphatic carbocycles. The van der Waals surface area contributed by atoms with Gasteiger partial charge in [0, 0.05) is 18.9 Å². The second-order valence-electron chi connectivity index (χ2n) is 8.29. The fraction of sp³-hybridized carbons (Fsp3) is 0.750.